The van der Waals surface area contributed by atoms with Gasteiger partial charge >= 0.3 is 0 Å². The molecule has 0 N–H and O–H groups in total. The van der Waals surface area contributed by atoms with Gasteiger partial charge in [-0.15, -0.1) is 0 Å². The van der Waals surface area contributed by atoms with Crippen LogP contribution in [0.4, 0.5) is 0 Å². The molecular formula is C8H11OP. The van der Waals surface area contributed by atoms with Crippen molar-refractivity contribution in [2.75, 3.05) is 6.66 Å². The second kappa shape index (κ2) is 3.03. The van der Waals surface area contributed by atoms with Crippen molar-refractivity contribution in [3.8, 4) is 0 Å². The Morgan fingerprint density at radius 2 is 2.10 bits per heavy atom. The Balaban J connectivity index is 3.07. The first-order valence-corrected chi connectivity index (χ1v) is 5.18. The fourth-order valence-corrected chi connectivity index (χ4v) is 1.63. The summed E-state index contributed by atoms with van der Waals surface area (Å²) in [5, 5.41) is 0.977. The molecule has 10 heavy (non-hydrogen) atoms. The maximum atomic E-state index is 11.0. The van der Waals surface area contributed by atoms with E-state index >= 15 is 0 Å². The number of aryl methyl sites for hydroxylation is 1. The zero-order chi connectivity index (χ0) is 7.56. The molecule has 0 saturated heterocycles. The molecule has 0 radical (unpaired) electrons. The molecule has 0 heterocycles. The molecule has 1 atom stereocenters. The van der Waals surface area contributed by atoms with Gasteiger partial charge < -0.3 is 4.57 Å². The smallest absolute Gasteiger partial charge is 0.101 e. The maximum absolute atomic E-state index is 11.0. The molecule has 0 aliphatic carbocycles. The van der Waals surface area contributed by atoms with Crippen LogP contribution in [-0.4, -0.2) is 6.66 Å². The summed E-state index contributed by atoms with van der Waals surface area (Å²) in [5.41, 5.74) is 1.18. The molecule has 0 spiro atoms. The van der Waals surface area contributed by atoms with Crippen LogP contribution in [0.5, 0.6) is 0 Å². The van der Waals surface area contributed by atoms with Gasteiger partial charge in [0.2, 0.25) is 0 Å². The fraction of sp³-hybridized carbons (Fsp3) is 0.250. The average Bonchev–Trinajstić information content (AvgIpc) is 1.88. The van der Waals surface area contributed by atoms with Crippen LogP contribution < -0.4 is 5.30 Å². The monoisotopic (exact) mass is 154 g/mol. The molecule has 1 aromatic carbocycles. The Morgan fingerprint density at radius 3 is 2.50 bits per heavy atom. The van der Waals surface area contributed by atoms with Gasteiger partial charge in [0.15, 0.2) is 0 Å². The zero-order valence-electron chi connectivity index (χ0n) is 6.22. The minimum Gasteiger partial charge on any atom is -0.322 e. The Kier molecular flexibility index (Phi) is 2.29. The van der Waals surface area contributed by atoms with Crippen LogP contribution >= 0.6 is 7.80 Å². The molecular weight excluding hydrogens is 143 g/mol. The largest absolute Gasteiger partial charge is 0.322 e. The Labute approximate surface area is 61.9 Å². The van der Waals surface area contributed by atoms with E-state index in [0.29, 0.717) is 0 Å². The molecule has 0 aliphatic heterocycles. The highest BCUT2D eigenvalue weighted by atomic mass is 31.1. The number of rotatable bonds is 1. The highest BCUT2D eigenvalue weighted by Gasteiger charge is 1.94. The zero-order valence-corrected chi connectivity index (χ0v) is 7.22. The summed E-state index contributed by atoms with van der Waals surface area (Å²) >= 11 is 0. The Morgan fingerprint density at radius 1 is 1.40 bits per heavy atom. The van der Waals surface area contributed by atoms with Crippen LogP contribution in [-0.2, 0) is 4.57 Å². The van der Waals surface area contributed by atoms with E-state index in [9.17, 15) is 4.57 Å². The van der Waals surface area contributed by atoms with E-state index in [2.05, 4.69) is 0 Å². The summed E-state index contributed by atoms with van der Waals surface area (Å²) in [6.07, 6.45) is 0. The minimum atomic E-state index is -1.48. The second-order valence-corrected chi connectivity index (χ2v) is 4.12. The molecule has 0 saturated carbocycles. The van der Waals surface area contributed by atoms with Crippen molar-refractivity contribution in [2.45, 2.75) is 6.92 Å². The van der Waals surface area contributed by atoms with Gasteiger partial charge in [0.25, 0.3) is 0 Å². The van der Waals surface area contributed by atoms with Crippen LogP contribution in [0.15, 0.2) is 24.3 Å². The highest BCUT2D eigenvalue weighted by molar-refractivity contribution is 7.52. The molecule has 0 fully saturated rings. The van der Waals surface area contributed by atoms with Crippen LogP contribution in [0.1, 0.15) is 5.56 Å². The summed E-state index contributed by atoms with van der Waals surface area (Å²) in [4.78, 5) is 0. The molecule has 0 bridgehead atoms. The molecule has 1 rings (SSSR count). The lowest BCUT2D eigenvalue weighted by molar-refractivity contribution is 0.596. The van der Waals surface area contributed by atoms with Crippen molar-refractivity contribution in [1.29, 1.82) is 0 Å². The fourth-order valence-electron chi connectivity index (χ4n) is 0.864. The van der Waals surface area contributed by atoms with Gasteiger partial charge in [-0.3, -0.25) is 0 Å². The summed E-state index contributed by atoms with van der Waals surface area (Å²) in [5.74, 6) is 0. The average molecular weight is 154 g/mol. The van der Waals surface area contributed by atoms with Crippen molar-refractivity contribution in [2.24, 2.45) is 0 Å². The predicted molar refractivity (Wildman–Crippen MR) is 45.7 cm³/mol. The maximum Gasteiger partial charge on any atom is 0.101 e. The van der Waals surface area contributed by atoms with Crippen molar-refractivity contribution in [3.05, 3.63) is 29.8 Å². The summed E-state index contributed by atoms with van der Waals surface area (Å²) in [7, 11) is -1.48. The van der Waals surface area contributed by atoms with Gasteiger partial charge in [-0.1, -0.05) is 23.8 Å². The van der Waals surface area contributed by atoms with E-state index in [1.807, 2.05) is 31.2 Å². The highest BCUT2D eigenvalue weighted by Crippen LogP contribution is 2.13. The summed E-state index contributed by atoms with van der Waals surface area (Å²) < 4.78 is 11.0. The first kappa shape index (κ1) is 7.56. The molecule has 0 aromatic heterocycles. The summed E-state index contributed by atoms with van der Waals surface area (Å²) in [6, 6.07) is 7.83. The quantitative estimate of drug-likeness (QED) is 0.564. The lowest BCUT2D eigenvalue weighted by atomic mass is 10.2. The molecule has 1 aromatic rings. The van der Waals surface area contributed by atoms with Gasteiger partial charge in [-0.25, -0.2) is 0 Å². The summed E-state index contributed by atoms with van der Waals surface area (Å²) in [6.45, 7) is 3.77. The minimum absolute atomic E-state index is 0.977. The lowest BCUT2D eigenvalue weighted by Gasteiger charge is -1.95. The third-order valence-electron chi connectivity index (χ3n) is 1.42. The second-order valence-electron chi connectivity index (χ2n) is 2.43. The van der Waals surface area contributed by atoms with Crippen molar-refractivity contribution < 1.29 is 4.57 Å². The van der Waals surface area contributed by atoms with E-state index in [1.54, 1.807) is 6.66 Å². The van der Waals surface area contributed by atoms with E-state index in [-0.39, 0.29) is 0 Å². The van der Waals surface area contributed by atoms with Gasteiger partial charge in [0.1, 0.15) is 7.80 Å². The van der Waals surface area contributed by atoms with Crippen LogP contribution in [0.25, 0.3) is 0 Å². The van der Waals surface area contributed by atoms with Crippen molar-refractivity contribution >= 4 is 13.1 Å². The molecule has 0 aliphatic rings. The van der Waals surface area contributed by atoms with E-state index in [1.165, 1.54) is 5.56 Å². The molecule has 2 heteroatoms. The molecule has 1 nitrogen and oxygen atoms in total. The van der Waals surface area contributed by atoms with Crippen LogP contribution in [0.2, 0.25) is 0 Å². The normalized spacial score (nSPS) is 13.0. The van der Waals surface area contributed by atoms with Gasteiger partial charge in [-0.05, 0) is 19.7 Å². The topological polar surface area (TPSA) is 17.1 Å². The standard InChI is InChI=1S/C8H11OP/c1-7-4-3-5-8(6-7)10(2)9/h3-6,10H,1-2H3. The van der Waals surface area contributed by atoms with Crippen molar-refractivity contribution in [1.82, 2.24) is 0 Å². The number of benzene rings is 1. The van der Waals surface area contributed by atoms with Crippen LogP contribution in [0, 0.1) is 6.92 Å². The molecule has 0 amide bonds. The van der Waals surface area contributed by atoms with Gasteiger partial charge in [0.05, 0.1) is 0 Å². The molecule has 1 unspecified atom stereocenters. The van der Waals surface area contributed by atoms with E-state index < -0.39 is 7.80 Å². The SMILES string of the molecule is Cc1cccc([PH](C)=O)c1. The first-order valence-electron chi connectivity index (χ1n) is 3.28. The van der Waals surface area contributed by atoms with E-state index in [4.69, 9.17) is 0 Å². The lowest BCUT2D eigenvalue weighted by Crippen LogP contribution is -1.94. The van der Waals surface area contributed by atoms with Gasteiger partial charge in [0, 0.05) is 5.30 Å². The first-order chi connectivity index (χ1) is 4.70. The number of hydrogen-bond donors (Lipinski definition) is 0. The Bertz CT molecular complexity index is 255. The third-order valence-corrected chi connectivity index (χ3v) is 2.55. The van der Waals surface area contributed by atoms with Crippen LogP contribution in [0.3, 0.4) is 0 Å². The Hall–Kier alpha value is -0.550. The third kappa shape index (κ3) is 1.71. The number of hydrogen-bond acceptors (Lipinski definition) is 1. The van der Waals surface area contributed by atoms with E-state index in [0.717, 1.165) is 5.30 Å². The van der Waals surface area contributed by atoms with Gasteiger partial charge in [-0.2, -0.15) is 0 Å². The molecule has 54 valence electrons. The van der Waals surface area contributed by atoms with Crippen molar-refractivity contribution in [3.63, 3.8) is 0 Å². The predicted octanol–water partition coefficient (Wildman–Crippen LogP) is 1.81.